The number of methoxy groups -OCH3 is 2. The molecule has 0 unspecified atom stereocenters. The van der Waals surface area contributed by atoms with Crippen LogP contribution in [-0.4, -0.2) is 63.7 Å². The molecule has 1 saturated heterocycles. The van der Waals surface area contributed by atoms with Gasteiger partial charge in [0, 0.05) is 23.9 Å². The zero-order valence-electron chi connectivity index (χ0n) is 15.5. The molecule has 144 valence electrons. The van der Waals surface area contributed by atoms with Gasteiger partial charge in [0.2, 0.25) is 0 Å². The number of ether oxygens (including phenoxy) is 2. The molecule has 1 aliphatic heterocycles. The van der Waals surface area contributed by atoms with Gasteiger partial charge in [-0.05, 0) is 12.1 Å². The van der Waals surface area contributed by atoms with Crippen molar-refractivity contribution in [3.8, 4) is 11.5 Å². The minimum atomic E-state index is -0.105. The maximum absolute atomic E-state index is 12.4. The van der Waals surface area contributed by atoms with Gasteiger partial charge in [-0.15, -0.1) is 0 Å². The third-order valence-electron chi connectivity index (χ3n) is 4.54. The Hall–Kier alpha value is -3.00. The van der Waals surface area contributed by atoms with Crippen molar-refractivity contribution in [1.82, 2.24) is 4.90 Å². The smallest absolute Gasteiger partial charge is 0.289 e. The molecule has 2 N–H and O–H groups in total. The van der Waals surface area contributed by atoms with Crippen LogP contribution in [0.3, 0.4) is 0 Å². The largest absolute Gasteiger partial charge is 0.497 e. The summed E-state index contributed by atoms with van der Waals surface area (Å²) in [5.74, 6) is 1.38. The number of carbonyl (C=O) groups is 2. The van der Waals surface area contributed by atoms with E-state index in [4.69, 9.17) is 13.9 Å². The van der Waals surface area contributed by atoms with Crippen LogP contribution in [-0.2, 0) is 4.79 Å². The number of nitrogens with one attached hydrogen (secondary N) is 2. The van der Waals surface area contributed by atoms with Crippen molar-refractivity contribution in [3.63, 3.8) is 0 Å². The number of quaternary nitrogens is 1. The fraction of sp³-hybridized carbons (Fsp3) is 0.368. The minimum absolute atomic E-state index is 0.0916. The first kappa shape index (κ1) is 18.8. The van der Waals surface area contributed by atoms with E-state index in [1.165, 1.54) is 6.26 Å². The summed E-state index contributed by atoms with van der Waals surface area (Å²) < 4.78 is 15.6. The van der Waals surface area contributed by atoms with Crippen LogP contribution in [0.15, 0.2) is 41.0 Å². The third kappa shape index (κ3) is 4.79. The van der Waals surface area contributed by atoms with E-state index < -0.39 is 0 Å². The van der Waals surface area contributed by atoms with Gasteiger partial charge in [0.05, 0.1) is 46.7 Å². The van der Waals surface area contributed by atoms with E-state index in [1.807, 2.05) is 0 Å². The van der Waals surface area contributed by atoms with Gasteiger partial charge in [0.1, 0.15) is 11.5 Å². The average Bonchev–Trinajstić information content (AvgIpc) is 3.22. The molecule has 0 bridgehead atoms. The second kappa shape index (κ2) is 8.59. The van der Waals surface area contributed by atoms with Crippen molar-refractivity contribution in [2.75, 3.05) is 52.3 Å². The number of piperazine rings is 1. The lowest BCUT2D eigenvalue weighted by molar-refractivity contribution is -0.895. The van der Waals surface area contributed by atoms with Gasteiger partial charge in [-0.1, -0.05) is 0 Å². The van der Waals surface area contributed by atoms with Crippen molar-refractivity contribution < 1.29 is 28.4 Å². The first-order valence-corrected chi connectivity index (χ1v) is 8.78. The summed E-state index contributed by atoms with van der Waals surface area (Å²) in [6.07, 6.45) is 1.49. The molecule has 3 rings (SSSR count). The molecule has 2 aromatic rings. The Bertz CT molecular complexity index is 760. The topological polar surface area (TPSA) is 85.5 Å². The van der Waals surface area contributed by atoms with Crippen molar-refractivity contribution in [2.45, 2.75) is 0 Å². The van der Waals surface area contributed by atoms with E-state index in [2.05, 4.69) is 5.32 Å². The Balaban J connectivity index is 1.50. The second-order valence-corrected chi connectivity index (χ2v) is 6.35. The SMILES string of the molecule is COc1cc(NC(=O)C[NH+]2CCN(C(=O)c3ccco3)CC2)cc(OC)c1. The molecule has 2 amide bonds. The lowest BCUT2D eigenvalue weighted by Crippen LogP contribution is -3.15. The predicted molar refractivity (Wildman–Crippen MR) is 98.4 cm³/mol. The van der Waals surface area contributed by atoms with Crippen molar-refractivity contribution in [1.29, 1.82) is 0 Å². The lowest BCUT2D eigenvalue weighted by atomic mass is 10.2. The fourth-order valence-corrected chi connectivity index (χ4v) is 3.07. The summed E-state index contributed by atoms with van der Waals surface area (Å²) in [5, 5.41) is 2.88. The normalized spacial score (nSPS) is 14.7. The van der Waals surface area contributed by atoms with Crippen LogP contribution in [0.2, 0.25) is 0 Å². The van der Waals surface area contributed by atoms with Gasteiger partial charge in [-0.2, -0.15) is 0 Å². The molecular weight excluding hydrogens is 350 g/mol. The van der Waals surface area contributed by atoms with Crippen LogP contribution in [0, 0.1) is 0 Å². The van der Waals surface area contributed by atoms with E-state index in [-0.39, 0.29) is 11.8 Å². The first-order valence-electron chi connectivity index (χ1n) is 8.78. The number of hydrogen-bond donors (Lipinski definition) is 2. The molecule has 27 heavy (non-hydrogen) atoms. The van der Waals surface area contributed by atoms with Crippen LogP contribution in [0.5, 0.6) is 11.5 Å². The molecule has 0 spiro atoms. The summed E-state index contributed by atoms with van der Waals surface area (Å²) in [4.78, 5) is 27.5. The molecule has 0 aliphatic carbocycles. The summed E-state index contributed by atoms with van der Waals surface area (Å²) in [6.45, 7) is 2.94. The van der Waals surface area contributed by atoms with Crippen LogP contribution in [0.4, 0.5) is 5.69 Å². The van der Waals surface area contributed by atoms with Gasteiger partial charge < -0.3 is 29.0 Å². The predicted octanol–water partition coefficient (Wildman–Crippen LogP) is 0.276. The highest BCUT2D eigenvalue weighted by molar-refractivity contribution is 5.92. The van der Waals surface area contributed by atoms with Gasteiger partial charge in [-0.25, -0.2) is 0 Å². The summed E-state index contributed by atoms with van der Waals surface area (Å²) >= 11 is 0. The number of amides is 2. The highest BCUT2D eigenvalue weighted by Crippen LogP contribution is 2.25. The highest BCUT2D eigenvalue weighted by atomic mass is 16.5. The number of rotatable bonds is 6. The third-order valence-corrected chi connectivity index (χ3v) is 4.54. The summed E-state index contributed by atoms with van der Waals surface area (Å²) in [5.41, 5.74) is 0.627. The molecule has 1 aromatic carbocycles. The molecule has 1 aromatic heterocycles. The van der Waals surface area contributed by atoms with Gasteiger partial charge in [0.15, 0.2) is 12.3 Å². The molecule has 8 heteroatoms. The number of nitrogens with zero attached hydrogens (tertiary/aromatic N) is 1. The number of carbonyl (C=O) groups excluding carboxylic acids is 2. The molecule has 2 heterocycles. The van der Waals surface area contributed by atoms with Crippen molar-refractivity contribution in [2.24, 2.45) is 0 Å². The van der Waals surface area contributed by atoms with Crippen molar-refractivity contribution >= 4 is 17.5 Å². The zero-order chi connectivity index (χ0) is 19.2. The monoisotopic (exact) mass is 374 g/mol. The average molecular weight is 374 g/mol. The number of benzene rings is 1. The molecule has 1 fully saturated rings. The highest BCUT2D eigenvalue weighted by Gasteiger charge is 2.27. The molecular formula is C19H24N3O5+. The van der Waals surface area contributed by atoms with E-state index in [0.717, 1.165) is 4.90 Å². The molecule has 0 atom stereocenters. The summed E-state index contributed by atoms with van der Waals surface area (Å²) in [6, 6.07) is 8.60. The number of anilines is 1. The van der Waals surface area contributed by atoms with Crippen LogP contribution < -0.4 is 19.7 Å². The Labute approximate surface area is 157 Å². The molecule has 0 radical (unpaired) electrons. The quantitative estimate of drug-likeness (QED) is 0.759. The van der Waals surface area contributed by atoms with Gasteiger partial charge in [0.25, 0.3) is 11.8 Å². The Kier molecular flexibility index (Phi) is 5.97. The Morgan fingerprint density at radius 3 is 2.37 bits per heavy atom. The summed E-state index contributed by atoms with van der Waals surface area (Å²) in [7, 11) is 3.13. The van der Waals surface area contributed by atoms with E-state index in [1.54, 1.807) is 49.5 Å². The van der Waals surface area contributed by atoms with Gasteiger partial charge >= 0.3 is 0 Å². The zero-order valence-corrected chi connectivity index (χ0v) is 15.5. The standard InChI is InChI=1S/C19H23N3O5/c1-25-15-10-14(11-16(12-15)26-2)20-18(23)13-21-5-7-22(8-6-21)19(24)17-4-3-9-27-17/h3-4,9-12H,5-8,13H2,1-2H3,(H,20,23)/p+1. The molecule has 8 nitrogen and oxygen atoms in total. The van der Waals surface area contributed by atoms with Crippen LogP contribution >= 0.6 is 0 Å². The Morgan fingerprint density at radius 2 is 1.81 bits per heavy atom. The van der Waals surface area contributed by atoms with E-state index >= 15 is 0 Å². The maximum atomic E-state index is 12.4. The second-order valence-electron chi connectivity index (χ2n) is 6.35. The molecule has 1 aliphatic rings. The van der Waals surface area contributed by atoms with E-state index in [0.29, 0.717) is 55.7 Å². The number of furan rings is 1. The first-order chi connectivity index (χ1) is 13.1. The van der Waals surface area contributed by atoms with Gasteiger partial charge in [-0.3, -0.25) is 9.59 Å². The fourth-order valence-electron chi connectivity index (χ4n) is 3.07. The van der Waals surface area contributed by atoms with Crippen molar-refractivity contribution in [3.05, 3.63) is 42.4 Å². The Morgan fingerprint density at radius 1 is 1.15 bits per heavy atom. The van der Waals surface area contributed by atoms with Crippen LogP contribution in [0.1, 0.15) is 10.6 Å². The maximum Gasteiger partial charge on any atom is 0.289 e. The van der Waals surface area contributed by atoms with Crippen LogP contribution in [0.25, 0.3) is 0 Å². The lowest BCUT2D eigenvalue weighted by Gasteiger charge is -2.31. The minimum Gasteiger partial charge on any atom is -0.497 e. The number of hydrogen-bond acceptors (Lipinski definition) is 5. The molecule has 0 saturated carbocycles. The van der Waals surface area contributed by atoms with E-state index in [9.17, 15) is 9.59 Å².